The van der Waals surface area contributed by atoms with Gasteiger partial charge in [-0.15, -0.1) is 0 Å². The average molecular weight is 282 g/mol. The molecule has 0 bridgehead atoms. The lowest BCUT2D eigenvalue weighted by molar-refractivity contribution is -0.139. The number of carbonyl (C=O) groups is 2. The van der Waals surface area contributed by atoms with Crippen molar-refractivity contribution in [2.45, 2.75) is 58.4 Å². The molecule has 5 heteroatoms. The first-order chi connectivity index (χ1) is 9.49. The Morgan fingerprint density at radius 3 is 2.45 bits per heavy atom. The highest BCUT2D eigenvalue weighted by Crippen LogP contribution is 2.24. The second kappa shape index (κ2) is 8.61. The third kappa shape index (κ3) is 6.59. The van der Waals surface area contributed by atoms with Crippen LogP contribution in [0.2, 0.25) is 0 Å². The number of hydrogen-bond donors (Lipinski definition) is 3. The summed E-state index contributed by atoms with van der Waals surface area (Å²) >= 11 is 0. The van der Waals surface area contributed by atoms with Crippen molar-refractivity contribution in [2.75, 3.05) is 0 Å². The van der Waals surface area contributed by atoms with Crippen LogP contribution in [0, 0.1) is 11.8 Å². The molecule has 114 valence electrons. The predicted octanol–water partition coefficient (Wildman–Crippen LogP) is 2.88. The third-order valence-corrected chi connectivity index (χ3v) is 3.54. The minimum atomic E-state index is -0.995. The fraction of sp³-hybridized carbons (Fsp3) is 0.733. The molecule has 0 aromatic carbocycles. The quantitative estimate of drug-likeness (QED) is 0.701. The maximum atomic E-state index is 11.6. The molecule has 0 saturated heterocycles. The van der Waals surface area contributed by atoms with E-state index in [1.165, 1.54) is 32.1 Å². The second-order valence-corrected chi connectivity index (χ2v) is 5.90. The summed E-state index contributed by atoms with van der Waals surface area (Å²) < 4.78 is 0. The van der Waals surface area contributed by atoms with E-state index in [1.54, 1.807) is 6.20 Å². The van der Waals surface area contributed by atoms with Crippen molar-refractivity contribution in [2.24, 2.45) is 11.8 Å². The van der Waals surface area contributed by atoms with Crippen molar-refractivity contribution in [1.82, 2.24) is 10.6 Å². The van der Waals surface area contributed by atoms with E-state index >= 15 is 0 Å². The highest BCUT2D eigenvalue weighted by atomic mass is 16.4. The largest absolute Gasteiger partial charge is 0.480 e. The Labute approximate surface area is 120 Å². The van der Waals surface area contributed by atoms with Gasteiger partial charge in [0.05, 0.1) is 0 Å². The van der Waals surface area contributed by atoms with Crippen molar-refractivity contribution >= 4 is 12.0 Å². The molecule has 3 N–H and O–H groups in total. The Morgan fingerprint density at radius 2 is 1.90 bits per heavy atom. The van der Waals surface area contributed by atoms with Gasteiger partial charge < -0.3 is 15.7 Å². The topological polar surface area (TPSA) is 78.4 Å². The van der Waals surface area contributed by atoms with E-state index in [0.717, 1.165) is 0 Å². The van der Waals surface area contributed by atoms with Gasteiger partial charge >= 0.3 is 12.0 Å². The van der Waals surface area contributed by atoms with E-state index in [4.69, 9.17) is 5.11 Å². The minimum Gasteiger partial charge on any atom is -0.480 e. The molecule has 5 nitrogen and oxygen atoms in total. The van der Waals surface area contributed by atoms with Crippen LogP contribution in [0.4, 0.5) is 4.79 Å². The number of urea groups is 1. The molecule has 1 aliphatic rings. The molecule has 2 amide bonds. The van der Waals surface area contributed by atoms with Crippen LogP contribution < -0.4 is 10.6 Å². The molecule has 1 rings (SSSR count). The number of aliphatic carboxylic acids is 1. The van der Waals surface area contributed by atoms with Crippen LogP contribution in [-0.4, -0.2) is 23.1 Å². The van der Waals surface area contributed by atoms with Crippen LogP contribution in [0.3, 0.4) is 0 Å². The highest BCUT2D eigenvalue weighted by molar-refractivity contribution is 5.82. The first-order valence-corrected chi connectivity index (χ1v) is 7.45. The van der Waals surface area contributed by atoms with Crippen molar-refractivity contribution in [3.8, 4) is 0 Å². The molecule has 1 aliphatic carbocycles. The zero-order chi connectivity index (χ0) is 15.0. The van der Waals surface area contributed by atoms with E-state index in [0.29, 0.717) is 12.3 Å². The lowest BCUT2D eigenvalue weighted by Crippen LogP contribution is -2.45. The summed E-state index contributed by atoms with van der Waals surface area (Å²) in [7, 11) is 0. The summed E-state index contributed by atoms with van der Waals surface area (Å²) in [6, 6.07) is -1.29. The summed E-state index contributed by atoms with van der Waals surface area (Å²) in [4.78, 5) is 22.7. The zero-order valence-electron chi connectivity index (χ0n) is 12.4. The summed E-state index contributed by atoms with van der Waals surface area (Å²) in [5.41, 5.74) is 0. The SMILES string of the molecule is CC(C)CC(NC(=O)N/C=C/C1CCCCC1)C(=O)O. The molecular formula is C15H26N2O3. The molecule has 0 radical (unpaired) electrons. The predicted molar refractivity (Wildman–Crippen MR) is 78.3 cm³/mol. The second-order valence-electron chi connectivity index (χ2n) is 5.90. The summed E-state index contributed by atoms with van der Waals surface area (Å²) in [5.74, 6) is -0.241. The monoisotopic (exact) mass is 282 g/mol. The van der Waals surface area contributed by atoms with Gasteiger partial charge in [0.15, 0.2) is 0 Å². The zero-order valence-corrected chi connectivity index (χ0v) is 12.4. The summed E-state index contributed by atoms with van der Waals surface area (Å²) in [5, 5.41) is 14.1. The van der Waals surface area contributed by atoms with Crippen molar-refractivity contribution in [3.05, 3.63) is 12.3 Å². The highest BCUT2D eigenvalue weighted by Gasteiger charge is 2.20. The fourth-order valence-electron chi connectivity index (χ4n) is 2.48. The number of allylic oxidation sites excluding steroid dienone is 1. The molecule has 0 aliphatic heterocycles. The van der Waals surface area contributed by atoms with Crippen LogP contribution in [0.5, 0.6) is 0 Å². The van der Waals surface area contributed by atoms with Crippen molar-refractivity contribution in [1.29, 1.82) is 0 Å². The Hall–Kier alpha value is -1.52. The smallest absolute Gasteiger partial charge is 0.326 e. The van der Waals surface area contributed by atoms with Gasteiger partial charge in [-0.3, -0.25) is 0 Å². The summed E-state index contributed by atoms with van der Waals surface area (Å²) in [6.07, 6.45) is 10.2. The Balaban J connectivity index is 2.33. The van der Waals surface area contributed by atoms with Gasteiger partial charge in [0.1, 0.15) is 6.04 Å². The van der Waals surface area contributed by atoms with Crippen LogP contribution in [0.15, 0.2) is 12.3 Å². The van der Waals surface area contributed by atoms with Crippen LogP contribution in [0.1, 0.15) is 52.4 Å². The van der Waals surface area contributed by atoms with Gasteiger partial charge in [-0.05, 0) is 31.1 Å². The Kier molecular flexibility index (Phi) is 7.12. The normalized spacial score (nSPS) is 18.1. The Morgan fingerprint density at radius 1 is 1.25 bits per heavy atom. The van der Waals surface area contributed by atoms with E-state index in [9.17, 15) is 9.59 Å². The van der Waals surface area contributed by atoms with E-state index in [-0.39, 0.29) is 5.92 Å². The van der Waals surface area contributed by atoms with Crippen LogP contribution in [0.25, 0.3) is 0 Å². The molecule has 0 heterocycles. The van der Waals surface area contributed by atoms with Gasteiger partial charge in [0.25, 0.3) is 0 Å². The van der Waals surface area contributed by atoms with Gasteiger partial charge in [0, 0.05) is 6.20 Å². The number of nitrogens with one attached hydrogen (secondary N) is 2. The van der Waals surface area contributed by atoms with Gasteiger partial charge in [-0.1, -0.05) is 39.2 Å². The fourth-order valence-corrected chi connectivity index (χ4v) is 2.48. The minimum absolute atomic E-state index is 0.217. The number of amides is 2. The number of hydrogen-bond acceptors (Lipinski definition) is 2. The first-order valence-electron chi connectivity index (χ1n) is 7.45. The van der Waals surface area contributed by atoms with Crippen LogP contribution in [-0.2, 0) is 4.79 Å². The van der Waals surface area contributed by atoms with Gasteiger partial charge in [-0.25, -0.2) is 9.59 Å². The average Bonchev–Trinajstić information content (AvgIpc) is 2.38. The molecule has 1 atom stereocenters. The van der Waals surface area contributed by atoms with Gasteiger partial charge in [-0.2, -0.15) is 0 Å². The number of carboxylic acid groups (broad SMARTS) is 1. The van der Waals surface area contributed by atoms with Crippen LogP contribution >= 0.6 is 0 Å². The molecular weight excluding hydrogens is 256 g/mol. The molecule has 20 heavy (non-hydrogen) atoms. The lowest BCUT2D eigenvalue weighted by Gasteiger charge is -2.18. The van der Waals surface area contributed by atoms with E-state index in [2.05, 4.69) is 10.6 Å². The van der Waals surface area contributed by atoms with E-state index in [1.807, 2.05) is 19.9 Å². The molecule has 0 spiro atoms. The molecule has 0 aromatic heterocycles. The number of carbonyl (C=O) groups excluding carboxylic acids is 1. The molecule has 1 unspecified atom stereocenters. The Bertz CT molecular complexity index is 347. The summed E-state index contributed by atoms with van der Waals surface area (Å²) in [6.45, 7) is 3.86. The molecule has 1 fully saturated rings. The van der Waals surface area contributed by atoms with Gasteiger partial charge in [0.2, 0.25) is 0 Å². The van der Waals surface area contributed by atoms with E-state index < -0.39 is 18.0 Å². The molecule has 0 aromatic rings. The molecule has 1 saturated carbocycles. The maximum Gasteiger partial charge on any atom is 0.326 e. The van der Waals surface area contributed by atoms with Crippen molar-refractivity contribution in [3.63, 3.8) is 0 Å². The third-order valence-electron chi connectivity index (χ3n) is 3.54. The number of rotatable bonds is 6. The lowest BCUT2D eigenvalue weighted by atomic mass is 9.89. The number of carboxylic acids is 1. The standard InChI is InChI=1S/C15H26N2O3/c1-11(2)10-13(14(18)19)17-15(20)16-9-8-12-6-4-3-5-7-12/h8-9,11-13H,3-7,10H2,1-2H3,(H,18,19)(H2,16,17,20)/b9-8+. The van der Waals surface area contributed by atoms with Crippen molar-refractivity contribution < 1.29 is 14.7 Å². The maximum absolute atomic E-state index is 11.6. The first kappa shape index (κ1) is 16.5.